The largest absolute Gasteiger partial charge is 0.438 e. The van der Waals surface area contributed by atoms with Crippen molar-refractivity contribution in [3.8, 4) is 0 Å². The van der Waals surface area contributed by atoms with Crippen LogP contribution in [0.1, 0.15) is 35.5 Å². The highest BCUT2D eigenvalue weighted by atomic mass is 79.9. The molecule has 1 amide bonds. The summed E-state index contributed by atoms with van der Waals surface area (Å²) in [5.41, 5.74) is 0.636. The topological polar surface area (TPSA) is 55.1 Å². The first-order valence-electron chi connectivity index (χ1n) is 5.03. The van der Waals surface area contributed by atoms with Crippen LogP contribution >= 0.6 is 15.9 Å². The Hall–Kier alpha value is -0.840. The summed E-state index contributed by atoms with van der Waals surface area (Å²) in [6.45, 7) is 1.76. The summed E-state index contributed by atoms with van der Waals surface area (Å²) in [7, 11) is 0. The van der Waals surface area contributed by atoms with E-state index in [0.717, 1.165) is 19.3 Å². The number of halogens is 1. The van der Waals surface area contributed by atoms with Crippen LogP contribution in [0.4, 0.5) is 0 Å². The maximum atomic E-state index is 11.8. The minimum absolute atomic E-state index is 0.165. The number of aryl methyl sites for hydroxylation is 1. The lowest BCUT2D eigenvalue weighted by atomic mass is 10.2. The molecule has 1 aliphatic rings. The zero-order valence-electron chi connectivity index (χ0n) is 8.50. The third-order valence-corrected chi connectivity index (χ3v) is 3.80. The molecule has 0 saturated heterocycles. The number of amides is 1. The second-order valence-electron chi connectivity index (χ2n) is 3.79. The zero-order valence-corrected chi connectivity index (χ0v) is 10.1. The Kier molecular flexibility index (Phi) is 3.09. The molecule has 1 aromatic rings. The fourth-order valence-electron chi connectivity index (χ4n) is 1.83. The van der Waals surface area contributed by atoms with Crippen LogP contribution in [0.2, 0.25) is 0 Å². The van der Waals surface area contributed by atoms with Crippen LogP contribution in [-0.2, 0) is 0 Å². The summed E-state index contributed by atoms with van der Waals surface area (Å²) < 4.78 is 5.03. The number of carbonyl (C=O) groups is 1. The van der Waals surface area contributed by atoms with E-state index in [0.29, 0.717) is 16.3 Å². The first-order chi connectivity index (χ1) is 7.18. The van der Waals surface area contributed by atoms with Gasteiger partial charge in [-0.25, -0.2) is 4.98 Å². The summed E-state index contributed by atoms with van der Waals surface area (Å²) in [6.07, 6.45) is 4.58. The van der Waals surface area contributed by atoms with Gasteiger partial charge in [0.1, 0.15) is 0 Å². The Morgan fingerprint density at radius 3 is 3.00 bits per heavy atom. The molecule has 2 atom stereocenters. The molecule has 82 valence electrons. The Labute approximate surface area is 96.6 Å². The Balaban J connectivity index is 2.01. The van der Waals surface area contributed by atoms with E-state index in [-0.39, 0.29) is 11.9 Å². The standard InChI is InChI=1S/C10H13BrN2O2/c1-6-9(15-5-12-6)10(14)13-8-4-2-3-7(8)11/h5,7-8H,2-4H2,1H3,(H,13,14). The van der Waals surface area contributed by atoms with E-state index in [4.69, 9.17) is 4.42 Å². The highest BCUT2D eigenvalue weighted by Crippen LogP contribution is 2.25. The van der Waals surface area contributed by atoms with E-state index in [1.54, 1.807) is 6.92 Å². The number of oxazole rings is 1. The summed E-state index contributed by atoms with van der Waals surface area (Å²) in [6, 6.07) is 0.210. The fraction of sp³-hybridized carbons (Fsp3) is 0.600. The average Bonchev–Trinajstić information content (AvgIpc) is 2.76. The molecule has 15 heavy (non-hydrogen) atoms. The van der Waals surface area contributed by atoms with Crippen LogP contribution in [0.5, 0.6) is 0 Å². The van der Waals surface area contributed by atoms with Crippen LogP contribution in [0.25, 0.3) is 0 Å². The third kappa shape index (κ3) is 2.22. The lowest BCUT2D eigenvalue weighted by molar-refractivity contribution is 0.0910. The van der Waals surface area contributed by atoms with Gasteiger partial charge in [0.2, 0.25) is 5.76 Å². The molecule has 1 saturated carbocycles. The van der Waals surface area contributed by atoms with Crippen molar-refractivity contribution in [3.63, 3.8) is 0 Å². The number of aromatic nitrogens is 1. The van der Waals surface area contributed by atoms with Crippen LogP contribution in [-0.4, -0.2) is 21.8 Å². The van der Waals surface area contributed by atoms with Gasteiger partial charge in [-0.1, -0.05) is 22.4 Å². The summed E-state index contributed by atoms with van der Waals surface area (Å²) in [5, 5.41) is 2.95. The molecule has 0 aromatic carbocycles. The van der Waals surface area contributed by atoms with Gasteiger partial charge in [-0.05, 0) is 19.8 Å². The summed E-state index contributed by atoms with van der Waals surface area (Å²) in [4.78, 5) is 16.0. The second kappa shape index (κ2) is 4.35. The van der Waals surface area contributed by atoms with Crippen molar-refractivity contribution in [3.05, 3.63) is 17.8 Å². The Morgan fingerprint density at radius 1 is 1.67 bits per heavy atom. The number of carbonyl (C=O) groups excluding carboxylic acids is 1. The molecule has 0 radical (unpaired) electrons. The van der Waals surface area contributed by atoms with Gasteiger partial charge in [0.15, 0.2) is 6.39 Å². The quantitative estimate of drug-likeness (QED) is 0.839. The van der Waals surface area contributed by atoms with E-state index in [9.17, 15) is 4.79 Å². The molecular weight excluding hydrogens is 260 g/mol. The van der Waals surface area contributed by atoms with Gasteiger partial charge in [-0.3, -0.25) is 4.79 Å². The molecule has 1 fully saturated rings. The number of nitrogens with one attached hydrogen (secondary N) is 1. The molecule has 0 aliphatic heterocycles. The minimum atomic E-state index is -0.165. The number of nitrogens with zero attached hydrogens (tertiary/aromatic N) is 1. The van der Waals surface area contributed by atoms with Gasteiger partial charge in [0, 0.05) is 10.9 Å². The van der Waals surface area contributed by atoms with E-state index < -0.39 is 0 Å². The molecule has 1 aliphatic carbocycles. The monoisotopic (exact) mass is 272 g/mol. The fourth-order valence-corrected chi connectivity index (χ4v) is 2.55. The van der Waals surface area contributed by atoms with Crippen molar-refractivity contribution >= 4 is 21.8 Å². The molecule has 2 rings (SSSR count). The molecule has 1 aromatic heterocycles. The smallest absolute Gasteiger partial charge is 0.289 e. The van der Waals surface area contributed by atoms with Gasteiger partial charge in [-0.2, -0.15) is 0 Å². The van der Waals surface area contributed by atoms with E-state index in [2.05, 4.69) is 26.2 Å². The molecule has 5 heteroatoms. The number of hydrogen-bond donors (Lipinski definition) is 1. The first-order valence-corrected chi connectivity index (χ1v) is 5.95. The molecular formula is C10H13BrN2O2. The van der Waals surface area contributed by atoms with Crippen molar-refractivity contribution in [2.75, 3.05) is 0 Å². The molecule has 4 nitrogen and oxygen atoms in total. The number of alkyl halides is 1. The second-order valence-corrected chi connectivity index (χ2v) is 4.97. The highest BCUT2D eigenvalue weighted by molar-refractivity contribution is 9.09. The maximum absolute atomic E-state index is 11.8. The van der Waals surface area contributed by atoms with Crippen molar-refractivity contribution in [2.24, 2.45) is 0 Å². The van der Waals surface area contributed by atoms with Crippen LogP contribution < -0.4 is 5.32 Å². The molecule has 1 N–H and O–H groups in total. The normalized spacial score (nSPS) is 25.5. The van der Waals surface area contributed by atoms with Crippen LogP contribution in [0.15, 0.2) is 10.8 Å². The maximum Gasteiger partial charge on any atom is 0.289 e. The van der Waals surface area contributed by atoms with Gasteiger partial charge in [-0.15, -0.1) is 0 Å². The highest BCUT2D eigenvalue weighted by Gasteiger charge is 2.27. The van der Waals surface area contributed by atoms with Gasteiger partial charge in [0.25, 0.3) is 5.91 Å². The SMILES string of the molecule is Cc1ncoc1C(=O)NC1CCCC1Br. The minimum Gasteiger partial charge on any atom is -0.438 e. The molecule has 0 bridgehead atoms. The van der Waals surface area contributed by atoms with Crippen LogP contribution in [0.3, 0.4) is 0 Å². The third-order valence-electron chi connectivity index (χ3n) is 2.70. The van der Waals surface area contributed by atoms with Crippen molar-refractivity contribution in [1.29, 1.82) is 0 Å². The van der Waals surface area contributed by atoms with Crippen molar-refractivity contribution < 1.29 is 9.21 Å². The van der Waals surface area contributed by atoms with Crippen molar-refractivity contribution in [2.45, 2.75) is 37.1 Å². The zero-order chi connectivity index (χ0) is 10.8. The van der Waals surface area contributed by atoms with Gasteiger partial charge in [0.05, 0.1) is 5.69 Å². The van der Waals surface area contributed by atoms with E-state index in [1.807, 2.05) is 0 Å². The Morgan fingerprint density at radius 2 is 2.47 bits per heavy atom. The predicted octanol–water partition coefficient (Wildman–Crippen LogP) is 2.03. The first kappa shape index (κ1) is 10.7. The number of hydrogen-bond acceptors (Lipinski definition) is 3. The van der Waals surface area contributed by atoms with E-state index >= 15 is 0 Å². The molecule has 2 unspecified atom stereocenters. The number of rotatable bonds is 2. The Bertz CT molecular complexity index is 364. The van der Waals surface area contributed by atoms with Gasteiger partial charge < -0.3 is 9.73 Å². The van der Waals surface area contributed by atoms with Gasteiger partial charge >= 0.3 is 0 Å². The lowest BCUT2D eigenvalue weighted by Gasteiger charge is -2.14. The summed E-state index contributed by atoms with van der Waals surface area (Å²) in [5.74, 6) is 0.156. The molecule has 1 heterocycles. The van der Waals surface area contributed by atoms with Crippen molar-refractivity contribution in [1.82, 2.24) is 10.3 Å². The summed E-state index contributed by atoms with van der Waals surface area (Å²) >= 11 is 3.55. The van der Waals surface area contributed by atoms with Crippen LogP contribution in [0, 0.1) is 6.92 Å². The predicted molar refractivity (Wildman–Crippen MR) is 59.1 cm³/mol. The average molecular weight is 273 g/mol. The molecule has 0 spiro atoms. The lowest BCUT2D eigenvalue weighted by Crippen LogP contribution is -2.37. The van der Waals surface area contributed by atoms with E-state index in [1.165, 1.54) is 6.39 Å².